The Morgan fingerprint density at radius 1 is 0.970 bits per heavy atom. The molecule has 0 fully saturated rings. The first-order chi connectivity index (χ1) is 15.2. The second-order valence-corrected chi connectivity index (χ2v) is 9.42. The molecule has 0 unspecified atom stereocenters. The van der Waals surface area contributed by atoms with Gasteiger partial charge in [0.1, 0.15) is 24.3 Å². The maximum atomic E-state index is 13.3. The fraction of sp³-hybridized carbons (Fsp3) is 0.583. The quantitative estimate of drug-likeness (QED) is 0.565. The van der Waals surface area contributed by atoms with E-state index in [-0.39, 0.29) is 18.9 Å². The van der Waals surface area contributed by atoms with Crippen molar-refractivity contribution in [1.82, 2.24) is 15.1 Å². The molecule has 0 aliphatic carbocycles. The standard InChI is InChI=1S/C24H37N3O6/c1-16(2)20(25-23(31)32-15-17-12-10-9-11-13-17)22(30)27(8)18(21(29)26(6)7)14-19(28)33-24(3,4)5/h9-13,16,18,20H,14-15H2,1-8H3,(H,25,31)/t18-,20-/m0/s1. The monoisotopic (exact) mass is 463 g/mol. The second kappa shape index (κ2) is 12.2. The zero-order chi connectivity index (χ0) is 25.3. The molecule has 0 saturated heterocycles. The minimum atomic E-state index is -1.08. The molecule has 33 heavy (non-hydrogen) atoms. The number of ether oxygens (including phenoxy) is 2. The van der Waals surface area contributed by atoms with Crippen molar-refractivity contribution in [1.29, 1.82) is 0 Å². The minimum absolute atomic E-state index is 0.0574. The van der Waals surface area contributed by atoms with Crippen molar-refractivity contribution in [2.45, 2.75) is 65.3 Å². The number of hydrogen-bond donors (Lipinski definition) is 1. The number of alkyl carbamates (subject to hydrolysis) is 1. The van der Waals surface area contributed by atoms with Crippen LogP contribution in [0.4, 0.5) is 4.79 Å². The van der Waals surface area contributed by atoms with E-state index in [9.17, 15) is 19.2 Å². The van der Waals surface area contributed by atoms with E-state index < -0.39 is 41.6 Å². The van der Waals surface area contributed by atoms with Gasteiger partial charge in [0.25, 0.3) is 0 Å². The van der Waals surface area contributed by atoms with Crippen molar-refractivity contribution in [3.8, 4) is 0 Å². The van der Waals surface area contributed by atoms with E-state index in [0.29, 0.717) is 0 Å². The first-order valence-corrected chi connectivity index (χ1v) is 10.9. The highest BCUT2D eigenvalue weighted by Gasteiger charge is 2.36. The number of nitrogens with one attached hydrogen (secondary N) is 1. The predicted octanol–water partition coefficient (Wildman–Crippen LogP) is 2.58. The van der Waals surface area contributed by atoms with Gasteiger partial charge in [0.15, 0.2) is 0 Å². The normalized spacial score (nSPS) is 13.0. The number of likely N-dealkylation sites (N-methyl/N-ethyl adjacent to an activating group) is 2. The number of hydrogen-bond acceptors (Lipinski definition) is 6. The van der Waals surface area contributed by atoms with E-state index in [4.69, 9.17) is 9.47 Å². The molecule has 3 amide bonds. The summed E-state index contributed by atoms with van der Waals surface area (Å²) in [4.78, 5) is 53.3. The van der Waals surface area contributed by atoms with Gasteiger partial charge in [-0.05, 0) is 32.3 Å². The van der Waals surface area contributed by atoms with Gasteiger partial charge in [-0.3, -0.25) is 14.4 Å². The lowest BCUT2D eigenvalue weighted by Gasteiger charge is -2.33. The molecular weight excluding hydrogens is 426 g/mol. The van der Waals surface area contributed by atoms with Crippen molar-refractivity contribution >= 4 is 23.9 Å². The summed E-state index contributed by atoms with van der Waals surface area (Å²) in [6.07, 6.45) is -1.05. The predicted molar refractivity (Wildman–Crippen MR) is 124 cm³/mol. The maximum absolute atomic E-state index is 13.3. The fourth-order valence-electron chi connectivity index (χ4n) is 3.01. The number of esters is 1. The van der Waals surface area contributed by atoms with E-state index >= 15 is 0 Å². The lowest BCUT2D eigenvalue weighted by atomic mass is 10.0. The third-order valence-corrected chi connectivity index (χ3v) is 4.74. The Morgan fingerprint density at radius 3 is 2.03 bits per heavy atom. The van der Waals surface area contributed by atoms with Gasteiger partial charge >= 0.3 is 12.1 Å². The van der Waals surface area contributed by atoms with Crippen LogP contribution >= 0.6 is 0 Å². The van der Waals surface area contributed by atoms with Crippen molar-refractivity contribution in [3.63, 3.8) is 0 Å². The van der Waals surface area contributed by atoms with Gasteiger partial charge in [0.2, 0.25) is 11.8 Å². The van der Waals surface area contributed by atoms with E-state index in [1.54, 1.807) is 48.7 Å². The van der Waals surface area contributed by atoms with E-state index in [1.807, 2.05) is 30.3 Å². The van der Waals surface area contributed by atoms with Gasteiger partial charge in [0.05, 0.1) is 6.42 Å². The van der Waals surface area contributed by atoms with Gasteiger partial charge in [-0.15, -0.1) is 0 Å². The Balaban J connectivity index is 2.94. The first-order valence-electron chi connectivity index (χ1n) is 10.9. The fourth-order valence-corrected chi connectivity index (χ4v) is 3.01. The first kappa shape index (κ1) is 27.9. The Hall–Kier alpha value is -3.10. The van der Waals surface area contributed by atoms with Crippen LogP contribution in [0.3, 0.4) is 0 Å². The smallest absolute Gasteiger partial charge is 0.408 e. The summed E-state index contributed by atoms with van der Waals surface area (Å²) in [6, 6.07) is 7.13. The molecule has 9 nitrogen and oxygen atoms in total. The highest BCUT2D eigenvalue weighted by Crippen LogP contribution is 2.16. The van der Waals surface area contributed by atoms with Crippen molar-refractivity contribution in [2.75, 3.05) is 21.1 Å². The summed E-state index contributed by atoms with van der Waals surface area (Å²) in [6.45, 7) is 8.77. The Labute approximate surface area is 196 Å². The van der Waals surface area contributed by atoms with Crippen molar-refractivity contribution in [3.05, 3.63) is 35.9 Å². The van der Waals surface area contributed by atoms with Crippen LogP contribution in [-0.4, -0.2) is 72.5 Å². The van der Waals surface area contributed by atoms with Crippen molar-refractivity contribution < 1.29 is 28.7 Å². The minimum Gasteiger partial charge on any atom is -0.460 e. The number of nitrogens with zero attached hydrogens (tertiary/aromatic N) is 2. The molecule has 0 saturated carbocycles. The van der Waals surface area contributed by atoms with E-state index in [2.05, 4.69) is 5.32 Å². The molecule has 184 valence electrons. The molecule has 1 rings (SSSR count). The zero-order valence-corrected chi connectivity index (χ0v) is 20.9. The summed E-state index contributed by atoms with van der Waals surface area (Å²) in [5.74, 6) is -1.82. The van der Waals surface area contributed by atoms with Crippen LogP contribution in [0.15, 0.2) is 30.3 Å². The molecule has 0 aromatic heterocycles. The molecule has 0 bridgehead atoms. The number of carbonyl (C=O) groups excluding carboxylic acids is 4. The third kappa shape index (κ3) is 9.51. The van der Waals surface area contributed by atoms with Gasteiger partial charge < -0.3 is 24.6 Å². The van der Waals surface area contributed by atoms with E-state index in [1.165, 1.54) is 16.8 Å². The molecule has 0 heterocycles. The molecule has 0 aliphatic rings. The molecule has 9 heteroatoms. The molecule has 1 aromatic carbocycles. The number of amides is 3. The third-order valence-electron chi connectivity index (χ3n) is 4.74. The molecular formula is C24H37N3O6. The summed E-state index contributed by atoms with van der Waals surface area (Å²) in [5, 5.41) is 2.59. The van der Waals surface area contributed by atoms with Gasteiger partial charge in [-0.1, -0.05) is 44.2 Å². The van der Waals surface area contributed by atoms with Crippen LogP contribution in [0.5, 0.6) is 0 Å². The molecule has 0 spiro atoms. The molecule has 2 atom stereocenters. The SMILES string of the molecule is CC(C)[C@H](NC(=O)OCc1ccccc1)C(=O)N(C)[C@@H](CC(=O)OC(C)(C)C)C(=O)N(C)C. The van der Waals surface area contributed by atoms with Gasteiger partial charge in [0, 0.05) is 21.1 Å². The van der Waals surface area contributed by atoms with Crippen LogP contribution in [0.2, 0.25) is 0 Å². The van der Waals surface area contributed by atoms with Crippen LogP contribution in [0.25, 0.3) is 0 Å². The summed E-state index contributed by atoms with van der Waals surface area (Å²) in [5.41, 5.74) is 0.0850. The Kier molecular flexibility index (Phi) is 10.3. The highest BCUT2D eigenvalue weighted by molar-refractivity contribution is 5.93. The van der Waals surface area contributed by atoms with Crippen LogP contribution in [0.1, 0.15) is 46.6 Å². The zero-order valence-electron chi connectivity index (χ0n) is 20.9. The maximum Gasteiger partial charge on any atom is 0.408 e. The summed E-state index contributed by atoms with van der Waals surface area (Å²) in [7, 11) is 4.52. The highest BCUT2D eigenvalue weighted by atomic mass is 16.6. The average Bonchev–Trinajstić information content (AvgIpc) is 2.72. The number of rotatable bonds is 9. The van der Waals surface area contributed by atoms with Gasteiger partial charge in [-0.25, -0.2) is 4.79 Å². The largest absolute Gasteiger partial charge is 0.460 e. The molecule has 1 aromatic rings. The molecule has 1 N–H and O–H groups in total. The average molecular weight is 464 g/mol. The van der Waals surface area contributed by atoms with Gasteiger partial charge in [-0.2, -0.15) is 0 Å². The number of carbonyl (C=O) groups is 4. The number of benzene rings is 1. The van der Waals surface area contributed by atoms with Crippen LogP contribution in [0, 0.1) is 5.92 Å². The second-order valence-electron chi connectivity index (χ2n) is 9.42. The van der Waals surface area contributed by atoms with Crippen LogP contribution < -0.4 is 5.32 Å². The molecule has 0 radical (unpaired) electrons. The van der Waals surface area contributed by atoms with Crippen molar-refractivity contribution in [2.24, 2.45) is 5.92 Å². The summed E-state index contributed by atoms with van der Waals surface area (Å²) < 4.78 is 10.6. The topological polar surface area (TPSA) is 105 Å². The Morgan fingerprint density at radius 2 is 1.55 bits per heavy atom. The Bertz CT molecular complexity index is 817. The molecule has 0 aliphatic heterocycles. The lowest BCUT2D eigenvalue weighted by molar-refractivity contribution is -0.160. The van der Waals surface area contributed by atoms with E-state index in [0.717, 1.165) is 5.56 Å². The lowest BCUT2D eigenvalue weighted by Crippen LogP contribution is -2.56. The summed E-state index contributed by atoms with van der Waals surface area (Å²) >= 11 is 0. The van der Waals surface area contributed by atoms with Crippen LogP contribution in [-0.2, 0) is 30.5 Å².